The van der Waals surface area contributed by atoms with Crippen molar-refractivity contribution in [3.05, 3.63) is 35.9 Å². The van der Waals surface area contributed by atoms with Crippen LogP contribution in [0.15, 0.2) is 30.3 Å². The van der Waals surface area contributed by atoms with Gasteiger partial charge in [-0.15, -0.1) is 0 Å². The van der Waals surface area contributed by atoms with E-state index in [1.54, 1.807) is 0 Å². The number of hydrogen-bond acceptors (Lipinski definition) is 3. The Morgan fingerprint density at radius 1 is 1.35 bits per heavy atom. The molecule has 3 N–H and O–H groups in total. The fraction of sp³-hybridized carbons (Fsp3) is 0.562. The normalized spacial score (nSPS) is 19.3. The minimum absolute atomic E-state index is 0.0104. The van der Waals surface area contributed by atoms with Gasteiger partial charge in [0.25, 0.3) is 0 Å². The minimum atomic E-state index is -0.136. The molecule has 1 heterocycles. The molecule has 1 aromatic rings. The van der Waals surface area contributed by atoms with Crippen LogP contribution in [0.2, 0.25) is 0 Å². The van der Waals surface area contributed by atoms with Crippen molar-refractivity contribution in [3.8, 4) is 0 Å². The summed E-state index contributed by atoms with van der Waals surface area (Å²) >= 11 is 0. The molecule has 0 spiro atoms. The number of carbonyl (C=O) groups excluding carboxylic acids is 1. The molecule has 1 unspecified atom stereocenters. The predicted molar refractivity (Wildman–Crippen MR) is 79.4 cm³/mol. The van der Waals surface area contributed by atoms with Crippen molar-refractivity contribution in [2.75, 3.05) is 26.3 Å². The molecule has 1 aromatic carbocycles. The van der Waals surface area contributed by atoms with Gasteiger partial charge < -0.3 is 15.8 Å². The van der Waals surface area contributed by atoms with Gasteiger partial charge in [0.2, 0.25) is 5.91 Å². The van der Waals surface area contributed by atoms with Crippen LogP contribution >= 0.6 is 0 Å². The number of nitrogens with one attached hydrogen (secondary N) is 1. The number of hydrogen-bond donors (Lipinski definition) is 2. The van der Waals surface area contributed by atoms with Crippen LogP contribution in [0.4, 0.5) is 0 Å². The van der Waals surface area contributed by atoms with Gasteiger partial charge in [0.15, 0.2) is 0 Å². The zero-order valence-electron chi connectivity index (χ0n) is 12.1. The number of rotatable bonds is 5. The van der Waals surface area contributed by atoms with Gasteiger partial charge in [-0.1, -0.05) is 37.3 Å². The Labute approximate surface area is 120 Å². The average molecular weight is 276 g/mol. The standard InChI is InChI=1S/C16H24N2O2/c1-13(11-17)15(19)18-12-16(7-9-20-10-8-16)14-5-3-2-4-6-14/h2-6,13H,7-12,17H2,1H3,(H,18,19). The molecule has 1 fully saturated rings. The summed E-state index contributed by atoms with van der Waals surface area (Å²) in [6.45, 7) is 4.39. The second-order valence-corrected chi connectivity index (χ2v) is 5.61. The van der Waals surface area contributed by atoms with Gasteiger partial charge in [-0.2, -0.15) is 0 Å². The molecule has 1 aliphatic rings. The topological polar surface area (TPSA) is 64.4 Å². The molecule has 0 radical (unpaired) electrons. The first kappa shape index (κ1) is 15.0. The van der Waals surface area contributed by atoms with Crippen LogP contribution < -0.4 is 11.1 Å². The van der Waals surface area contributed by atoms with Crippen molar-refractivity contribution in [3.63, 3.8) is 0 Å². The summed E-state index contributed by atoms with van der Waals surface area (Å²) in [6.07, 6.45) is 1.88. The molecular formula is C16H24N2O2. The van der Waals surface area contributed by atoms with Crippen LogP contribution in [0, 0.1) is 5.92 Å². The lowest BCUT2D eigenvalue weighted by Crippen LogP contribution is -2.46. The van der Waals surface area contributed by atoms with Crippen molar-refractivity contribution >= 4 is 5.91 Å². The largest absolute Gasteiger partial charge is 0.381 e. The highest BCUT2D eigenvalue weighted by Gasteiger charge is 2.34. The fourth-order valence-electron chi connectivity index (χ4n) is 2.66. The van der Waals surface area contributed by atoms with Crippen molar-refractivity contribution < 1.29 is 9.53 Å². The molecule has 1 amide bonds. The van der Waals surface area contributed by atoms with Gasteiger partial charge in [-0.05, 0) is 18.4 Å². The van der Waals surface area contributed by atoms with E-state index in [0.717, 1.165) is 26.1 Å². The Morgan fingerprint density at radius 3 is 2.60 bits per heavy atom. The summed E-state index contributed by atoms with van der Waals surface area (Å²) in [5, 5.41) is 3.07. The molecule has 2 rings (SSSR count). The molecule has 110 valence electrons. The third kappa shape index (κ3) is 3.38. The molecule has 20 heavy (non-hydrogen) atoms. The van der Waals surface area contributed by atoms with Crippen LogP contribution in [-0.2, 0) is 14.9 Å². The Balaban J connectivity index is 2.10. The van der Waals surface area contributed by atoms with Crippen molar-refractivity contribution in [2.45, 2.75) is 25.2 Å². The Hall–Kier alpha value is -1.39. The molecule has 4 nitrogen and oxygen atoms in total. The lowest BCUT2D eigenvalue weighted by Gasteiger charge is -2.38. The van der Waals surface area contributed by atoms with E-state index in [-0.39, 0.29) is 17.2 Å². The van der Waals surface area contributed by atoms with Gasteiger partial charge in [0.05, 0.1) is 0 Å². The molecule has 1 atom stereocenters. The first-order valence-corrected chi connectivity index (χ1v) is 7.29. The van der Waals surface area contributed by atoms with Crippen LogP contribution in [-0.4, -0.2) is 32.2 Å². The Morgan fingerprint density at radius 2 is 2.00 bits per heavy atom. The van der Waals surface area contributed by atoms with E-state index in [1.807, 2.05) is 13.0 Å². The Kier molecular flexibility index (Phi) is 5.15. The zero-order chi connectivity index (χ0) is 14.4. The second-order valence-electron chi connectivity index (χ2n) is 5.61. The smallest absolute Gasteiger partial charge is 0.224 e. The lowest BCUT2D eigenvalue weighted by atomic mass is 9.74. The van der Waals surface area contributed by atoms with Crippen LogP contribution in [0.5, 0.6) is 0 Å². The number of benzene rings is 1. The average Bonchev–Trinajstić information content (AvgIpc) is 2.53. The van der Waals surface area contributed by atoms with Gasteiger partial charge in [0.1, 0.15) is 0 Å². The van der Waals surface area contributed by atoms with Crippen LogP contribution in [0.1, 0.15) is 25.3 Å². The molecule has 4 heteroatoms. The van der Waals surface area contributed by atoms with Gasteiger partial charge in [-0.3, -0.25) is 4.79 Å². The van der Waals surface area contributed by atoms with Crippen molar-refractivity contribution in [2.24, 2.45) is 11.7 Å². The van der Waals surface area contributed by atoms with Crippen LogP contribution in [0.25, 0.3) is 0 Å². The maximum atomic E-state index is 12.0. The van der Waals surface area contributed by atoms with Crippen molar-refractivity contribution in [1.82, 2.24) is 5.32 Å². The number of carbonyl (C=O) groups is 1. The van der Waals surface area contributed by atoms with E-state index in [0.29, 0.717) is 13.1 Å². The van der Waals surface area contributed by atoms with Gasteiger partial charge in [0, 0.05) is 37.6 Å². The summed E-state index contributed by atoms with van der Waals surface area (Å²) in [6, 6.07) is 10.4. The summed E-state index contributed by atoms with van der Waals surface area (Å²) in [4.78, 5) is 12.0. The molecule has 0 aliphatic carbocycles. The first-order chi connectivity index (χ1) is 9.68. The molecule has 0 bridgehead atoms. The van der Waals surface area contributed by atoms with E-state index < -0.39 is 0 Å². The first-order valence-electron chi connectivity index (χ1n) is 7.29. The molecule has 1 aliphatic heterocycles. The highest BCUT2D eigenvalue weighted by Crippen LogP contribution is 2.34. The number of nitrogens with two attached hydrogens (primary N) is 1. The number of ether oxygens (including phenoxy) is 1. The summed E-state index contributed by atoms with van der Waals surface area (Å²) in [5.41, 5.74) is 6.82. The minimum Gasteiger partial charge on any atom is -0.381 e. The van der Waals surface area contributed by atoms with E-state index in [4.69, 9.17) is 10.5 Å². The van der Waals surface area contributed by atoms with E-state index in [9.17, 15) is 4.79 Å². The van der Waals surface area contributed by atoms with Gasteiger partial charge in [-0.25, -0.2) is 0 Å². The predicted octanol–water partition coefficient (Wildman–Crippen LogP) is 1.45. The quantitative estimate of drug-likeness (QED) is 0.855. The monoisotopic (exact) mass is 276 g/mol. The zero-order valence-corrected chi connectivity index (χ0v) is 12.1. The molecule has 0 saturated carbocycles. The maximum absolute atomic E-state index is 12.0. The van der Waals surface area contributed by atoms with E-state index in [2.05, 4.69) is 29.6 Å². The maximum Gasteiger partial charge on any atom is 0.224 e. The summed E-state index contributed by atoms with van der Waals surface area (Å²) in [5.74, 6) is -0.100. The van der Waals surface area contributed by atoms with Crippen molar-refractivity contribution in [1.29, 1.82) is 0 Å². The SMILES string of the molecule is CC(CN)C(=O)NCC1(c2ccccc2)CCOCC1. The summed E-state index contributed by atoms with van der Waals surface area (Å²) < 4.78 is 5.49. The molecular weight excluding hydrogens is 252 g/mol. The van der Waals surface area contributed by atoms with Crippen LogP contribution in [0.3, 0.4) is 0 Å². The molecule has 0 aromatic heterocycles. The highest BCUT2D eigenvalue weighted by atomic mass is 16.5. The molecule has 1 saturated heterocycles. The van der Waals surface area contributed by atoms with Gasteiger partial charge >= 0.3 is 0 Å². The van der Waals surface area contributed by atoms with E-state index in [1.165, 1.54) is 5.56 Å². The third-order valence-corrected chi connectivity index (χ3v) is 4.24. The van der Waals surface area contributed by atoms with E-state index >= 15 is 0 Å². The Bertz CT molecular complexity index is 427. The highest BCUT2D eigenvalue weighted by molar-refractivity contribution is 5.78. The summed E-state index contributed by atoms with van der Waals surface area (Å²) in [7, 11) is 0. The lowest BCUT2D eigenvalue weighted by molar-refractivity contribution is -0.124. The number of amides is 1. The second kappa shape index (κ2) is 6.86. The fourth-order valence-corrected chi connectivity index (χ4v) is 2.66. The third-order valence-electron chi connectivity index (χ3n) is 4.24.